The fourth-order valence-electron chi connectivity index (χ4n) is 1.16. The van der Waals surface area contributed by atoms with Crippen LogP contribution in [0.4, 0.5) is 0 Å². The van der Waals surface area contributed by atoms with E-state index in [0.29, 0.717) is 24.3 Å². The van der Waals surface area contributed by atoms with Gasteiger partial charge in [-0.1, -0.05) is 6.07 Å². The normalized spacial score (nSPS) is 9.88. The molecule has 0 spiro atoms. The predicted molar refractivity (Wildman–Crippen MR) is 64.6 cm³/mol. The molecule has 88 valence electrons. The van der Waals surface area contributed by atoms with Gasteiger partial charge in [-0.15, -0.1) is 11.3 Å². The van der Waals surface area contributed by atoms with E-state index >= 15 is 0 Å². The number of carbonyl (C=O) groups is 2. The van der Waals surface area contributed by atoms with Gasteiger partial charge in [0.1, 0.15) is 0 Å². The Kier molecular flexibility index (Phi) is 4.98. The highest BCUT2D eigenvalue weighted by atomic mass is 32.1. The van der Waals surface area contributed by atoms with E-state index in [2.05, 4.69) is 5.32 Å². The van der Waals surface area contributed by atoms with Crippen LogP contribution in [0.5, 0.6) is 0 Å². The number of carbonyl (C=O) groups excluding carboxylic acids is 2. The molecule has 16 heavy (non-hydrogen) atoms. The number of hydrogen-bond acceptors (Lipinski definition) is 3. The third-order valence-electron chi connectivity index (χ3n) is 2.10. The Bertz CT molecular complexity index is 347. The second-order valence-electron chi connectivity index (χ2n) is 3.62. The summed E-state index contributed by atoms with van der Waals surface area (Å²) in [5, 5.41) is 4.65. The Morgan fingerprint density at radius 1 is 1.44 bits per heavy atom. The molecule has 0 aliphatic carbocycles. The van der Waals surface area contributed by atoms with Crippen molar-refractivity contribution < 1.29 is 9.59 Å². The summed E-state index contributed by atoms with van der Waals surface area (Å²) >= 11 is 1.41. The van der Waals surface area contributed by atoms with Crippen LogP contribution in [0.15, 0.2) is 17.5 Å². The number of nitrogens with zero attached hydrogens (tertiary/aromatic N) is 1. The van der Waals surface area contributed by atoms with Gasteiger partial charge in [-0.2, -0.15) is 0 Å². The van der Waals surface area contributed by atoms with E-state index in [-0.39, 0.29) is 11.8 Å². The number of amides is 2. The lowest BCUT2D eigenvalue weighted by Gasteiger charge is -2.09. The molecular formula is C11H16N2O2S. The average molecular weight is 240 g/mol. The summed E-state index contributed by atoms with van der Waals surface area (Å²) in [6.07, 6.45) is 1.14. The van der Waals surface area contributed by atoms with Crippen molar-refractivity contribution in [1.82, 2.24) is 10.2 Å². The molecule has 0 bridgehead atoms. The van der Waals surface area contributed by atoms with Gasteiger partial charge in [0.2, 0.25) is 5.91 Å². The Balaban J connectivity index is 2.17. The van der Waals surface area contributed by atoms with Crippen molar-refractivity contribution in [2.45, 2.75) is 12.8 Å². The van der Waals surface area contributed by atoms with Crippen molar-refractivity contribution in [3.05, 3.63) is 22.4 Å². The Labute approximate surface area is 99.3 Å². The van der Waals surface area contributed by atoms with Gasteiger partial charge in [0.25, 0.3) is 5.91 Å². The Morgan fingerprint density at radius 2 is 2.19 bits per heavy atom. The number of hydrogen-bond donors (Lipinski definition) is 1. The van der Waals surface area contributed by atoms with Crippen molar-refractivity contribution in [1.29, 1.82) is 0 Å². The highest BCUT2D eigenvalue weighted by molar-refractivity contribution is 7.12. The minimum Gasteiger partial charge on any atom is -0.351 e. The van der Waals surface area contributed by atoms with Crippen molar-refractivity contribution >= 4 is 23.2 Å². The van der Waals surface area contributed by atoms with Crippen LogP contribution in [0, 0.1) is 0 Å². The molecule has 0 atom stereocenters. The first-order valence-electron chi connectivity index (χ1n) is 5.13. The van der Waals surface area contributed by atoms with E-state index in [1.54, 1.807) is 25.1 Å². The molecule has 0 radical (unpaired) electrons. The molecule has 0 unspecified atom stereocenters. The molecule has 0 fully saturated rings. The minimum absolute atomic E-state index is 0.0627. The van der Waals surface area contributed by atoms with Gasteiger partial charge in [0.15, 0.2) is 0 Å². The van der Waals surface area contributed by atoms with Crippen molar-refractivity contribution in [3.63, 3.8) is 0 Å². The molecule has 0 aliphatic rings. The summed E-state index contributed by atoms with van der Waals surface area (Å²) in [5.41, 5.74) is 0. The van der Waals surface area contributed by atoms with Crippen LogP contribution < -0.4 is 5.32 Å². The molecule has 0 aromatic carbocycles. The summed E-state index contributed by atoms with van der Waals surface area (Å²) in [6, 6.07) is 3.63. The first-order valence-corrected chi connectivity index (χ1v) is 6.01. The maximum atomic E-state index is 11.5. The van der Waals surface area contributed by atoms with Crippen molar-refractivity contribution in [3.8, 4) is 0 Å². The van der Waals surface area contributed by atoms with Gasteiger partial charge in [-0.05, 0) is 17.9 Å². The second-order valence-corrected chi connectivity index (χ2v) is 4.57. The molecule has 1 rings (SSSR count). The summed E-state index contributed by atoms with van der Waals surface area (Å²) in [4.78, 5) is 25.0. The number of nitrogens with one attached hydrogen (secondary N) is 1. The number of thiophene rings is 1. The topological polar surface area (TPSA) is 49.4 Å². The van der Waals surface area contributed by atoms with E-state index in [1.807, 2.05) is 11.4 Å². The van der Waals surface area contributed by atoms with Gasteiger partial charge in [-0.25, -0.2) is 0 Å². The molecule has 2 amide bonds. The minimum atomic E-state index is -0.0627. The zero-order chi connectivity index (χ0) is 12.0. The van der Waals surface area contributed by atoms with Crippen LogP contribution in [-0.2, 0) is 4.79 Å². The van der Waals surface area contributed by atoms with E-state index in [4.69, 9.17) is 0 Å². The van der Waals surface area contributed by atoms with Crippen molar-refractivity contribution in [2.75, 3.05) is 20.6 Å². The van der Waals surface area contributed by atoms with E-state index in [0.717, 1.165) is 0 Å². The maximum absolute atomic E-state index is 11.5. The lowest BCUT2D eigenvalue weighted by Crippen LogP contribution is -2.26. The summed E-state index contributed by atoms with van der Waals surface area (Å²) in [6.45, 7) is 0.538. The molecule has 4 nitrogen and oxygen atoms in total. The Hall–Kier alpha value is -1.36. The van der Waals surface area contributed by atoms with Crippen LogP contribution in [0.2, 0.25) is 0 Å². The summed E-state index contributed by atoms with van der Waals surface area (Å²) in [7, 11) is 3.46. The molecular weight excluding hydrogens is 224 g/mol. The third-order valence-corrected chi connectivity index (χ3v) is 2.97. The number of rotatable bonds is 5. The molecule has 1 aromatic rings. The monoisotopic (exact) mass is 240 g/mol. The highest BCUT2D eigenvalue weighted by Crippen LogP contribution is 2.07. The van der Waals surface area contributed by atoms with E-state index in [1.165, 1.54) is 11.3 Å². The molecule has 1 aromatic heterocycles. The molecule has 0 saturated heterocycles. The van der Waals surface area contributed by atoms with Crippen LogP contribution in [0.25, 0.3) is 0 Å². The van der Waals surface area contributed by atoms with Gasteiger partial charge >= 0.3 is 0 Å². The first kappa shape index (κ1) is 12.7. The molecule has 5 heteroatoms. The van der Waals surface area contributed by atoms with Crippen LogP contribution in [-0.4, -0.2) is 37.4 Å². The predicted octanol–water partition coefficient (Wildman–Crippen LogP) is 1.35. The van der Waals surface area contributed by atoms with Crippen LogP contribution >= 0.6 is 11.3 Å². The van der Waals surface area contributed by atoms with Gasteiger partial charge in [-0.3, -0.25) is 9.59 Å². The smallest absolute Gasteiger partial charge is 0.261 e. The SMILES string of the molecule is CN(C)C(=O)CCCNC(=O)c1cccs1. The lowest BCUT2D eigenvalue weighted by molar-refractivity contribution is -0.128. The molecule has 1 heterocycles. The fourth-order valence-corrected chi connectivity index (χ4v) is 1.80. The zero-order valence-electron chi connectivity index (χ0n) is 9.53. The average Bonchev–Trinajstić information content (AvgIpc) is 2.76. The standard InChI is InChI=1S/C11H16N2O2S/c1-13(2)10(14)6-3-7-12-11(15)9-5-4-8-16-9/h4-5,8H,3,6-7H2,1-2H3,(H,12,15). The highest BCUT2D eigenvalue weighted by Gasteiger charge is 2.06. The maximum Gasteiger partial charge on any atom is 0.261 e. The second kappa shape index (κ2) is 6.27. The largest absolute Gasteiger partial charge is 0.351 e. The third kappa shape index (κ3) is 4.02. The quantitative estimate of drug-likeness (QED) is 0.790. The summed E-state index contributed by atoms with van der Waals surface area (Å²) < 4.78 is 0. The molecule has 1 N–H and O–H groups in total. The van der Waals surface area contributed by atoms with Gasteiger partial charge < -0.3 is 10.2 Å². The molecule has 0 aliphatic heterocycles. The van der Waals surface area contributed by atoms with E-state index in [9.17, 15) is 9.59 Å². The van der Waals surface area contributed by atoms with Crippen molar-refractivity contribution in [2.24, 2.45) is 0 Å². The fraction of sp³-hybridized carbons (Fsp3) is 0.455. The zero-order valence-corrected chi connectivity index (χ0v) is 10.3. The molecule has 0 saturated carbocycles. The van der Waals surface area contributed by atoms with Gasteiger partial charge in [0, 0.05) is 27.1 Å². The lowest BCUT2D eigenvalue weighted by atomic mass is 10.3. The van der Waals surface area contributed by atoms with Gasteiger partial charge in [0.05, 0.1) is 4.88 Å². The first-order chi connectivity index (χ1) is 7.61. The van der Waals surface area contributed by atoms with Crippen LogP contribution in [0.3, 0.4) is 0 Å². The summed E-state index contributed by atoms with van der Waals surface area (Å²) in [5.74, 6) is 0.0256. The Morgan fingerprint density at radius 3 is 2.75 bits per heavy atom. The van der Waals surface area contributed by atoms with Crippen LogP contribution in [0.1, 0.15) is 22.5 Å². The van der Waals surface area contributed by atoms with E-state index < -0.39 is 0 Å².